The Morgan fingerprint density at radius 1 is 1.15 bits per heavy atom. The van der Waals surface area contributed by atoms with E-state index < -0.39 is 10.0 Å². The Bertz CT molecular complexity index is 865. The smallest absolute Gasteiger partial charge is 0.243 e. The van der Waals surface area contributed by atoms with Crippen LogP contribution in [-0.4, -0.2) is 31.2 Å². The van der Waals surface area contributed by atoms with Crippen LogP contribution in [0.1, 0.15) is 25.0 Å². The van der Waals surface area contributed by atoms with Gasteiger partial charge in [0, 0.05) is 17.6 Å². The van der Waals surface area contributed by atoms with Crippen LogP contribution in [0.3, 0.4) is 0 Å². The SMILES string of the molecule is Cc1cccc(CN(CC(=O)NC(C)C)S(=O)(=O)c2ccc(Cl)cc2)c1. The van der Waals surface area contributed by atoms with Gasteiger partial charge >= 0.3 is 0 Å². The molecular formula is C19H23ClN2O3S. The quantitative estimate of drug-likeness (QED) is 0.782. The standard InChI is InChI=1S/C19H23ClN2O3S/c1-14(2)21-19(23)13-22(12-16-6-4-5-15(3)11-16)26(24,25)18-9-7-17(20)8-10-18/h4-11,14H,12-13H2,1-3H3,(H,21,23). The summed E-state index contributed by atoms with van der Waals surface area (Å²) in [7, 11) is -3.85. The lowest BCUT2D eigenvalue weighted by molar-refractivity contribution is -0.121. The van der Waals surface area contributed by atoms with Gasteiger partial charge in [-0.2, -0.15) is 4.31 Å². The van der Waals surface area contributed by atoms with Gasteiger partial charge in [-0.05, 0) is 50.6 Å². The van der Waals surface area contributed by atoms with Crippen molar-refractivity contribution in [2.75, 3.05) is 6.54 Å². The summed E-state index contributed by atoms with van der Waals surface area (Å²) in [5.41, 5.74) is 1.85. The van der Waals surface area contributed by atoms with Gasteiger partial charge in [0.15, 0.2) is 0 Å². The molecule has 1 amide bonds. The third kappa shape index (κ3) is 5.56. The highest BCUT2D eigenvalue weighted by Gasteiger charge is 2.27. The molecule has 2 aromatic rings. The number of sulfonamides is 1. The number of rotatable bonds is 7. The van der Waals surface area contributed by atoms with Gasteiger partial charge in [0.05, 0.1) is 11.4 Å². The zero-order valence-corrected chi connectivity index (χ0v) is 16.6. The second-order valence-electron chi connectivity index (χ2n) is 6.44. The van der Waals surface area contributed by atoms with Crippen LogP contribution in [0.2, 0.25) is 5.02 Å². The van der Waals surface area contributed by atoms with Gasteiger partial charge in [-0.3, -0.25) is 4.79 Å². The first-order chi connectivity index (χ1) is 12.2. The molecule has 5 nitrogen and oxygen atoms in total. The lowest BCUT2D eigenvalue weighted by Crippen LogP contribution is -2.42. The Morgan fingerprint density at radius 3 is 2.38 bits per heavy atom. The van der Waals surface area contributed by atoms with Crippen molar-refractivity contribution in [2.45, 2.75) is 38.3 Å². The van der Waals surface area contributed by atoms with Crippen molar-refractivity contribution in [1.82, 2.24) is 9.62 Å². The van der Waals surface area contributed by atoms with Gasteiger partial charge in [0.2, 0.25) is 15.9 Å². The zero-order chi connectivity index (χ0) is 19.3. The van der Waals surface area contributed by atoms with Crippen molar-refractivity contribution in [3.8, 4) is 0 Å². The number of nitrogens with one attached hydrogen (secondary N) is 1. The molecule has 0 aliphatic rings. The zero-order valence-electron chi connectivity index (χ0n) is 15.1. The number of aryl methyl sites for hydroxylation is 1. The molecule has 0 heterocycles. The van der Waals surface area contributed by atoms with Crippen molar-refractivity contribution in [2.24, 2.45) is 0 Å². The topological polar surface area (TPSA) is 66.5 Å². The number of carbonyl (C=O) groups excluding carboxylic acids is 1. The largest absolute Gasteiger partial charge is 0.353 e. The molecule has 1 N–H and O–H groups in total. The molecule has 2 aromatic carbocycles. The maximum Gasteiger partial charge on any atom is 0.243 e. The summed E-state index contributed by atoms with van der Waals surface area (Å²) in [5.74, 6) is -0.342. The molecule has 0 radical (unpaired) electrons. The maximum atomic E-state index is 13.1. The van der Waals surface area contributed by atoms with Crippen molar-refractivity contribution in [1.29, 1.82) is 0 Å². The second kappa shape index (κ2) is 8.66. The summed E-state index contributed by atoms with van der Waals surface area (Å²) >= 11 is 5.86. The van der Waals surface area contributed by atoms with E-state index in [1.54, 1.807) is 0 Å². The first-order valence-corrected chi connectivity index (χ1v) is 10.1. The number of carbonyl (C=O) groups is 1. The molecule has 0 fully saturated rings. The number of amides is 1. The molecule has 7 heteroatoms. The molecule has 0 atom stereocenters. The van der Waals surface area contributed by atoms with Crippen molar-refractivity contribution < 1.29 is 13.2 Å². The van der Waals surface area contributed by atoms with Gasteiger partial charge in [-0.15, -0.1) is 0 Å². The Morgan fingerprint density at radius 2 is 1.81 bits per heavy atom. The van der Waals surface area contributed by atoms with Gasteiger partial charge in [-0.25, -0.2) is 8.42 Å². The van der Waals surface area contributed by atoms with Crippen LogP contribution in [0.25, 0.3) is 0 Å². The van der Waals surface area contributed by atoms with Crippen LogP contribution >= 0.6 is 11.6 Å². The highest BCUT2D eigenvalue weighted by Crippen LogP contribution is 2.20. The first kappa shape index (κ1) is 20.4. The van der Waals surface area contributed by atoms with E-state index in [0.717, 1.165) is 11.1 Å². The van der Waals surface area contributed by atoms with E-state index in [9.17, 15) is 13.2 Å². The minimum atomic E-state index is -3.85. The van der Waals surface area contributed by atoms with E-state index in [0.29, 0.717) is 5.02 Å². The molecule has 0 aliphatic carbocycles. The van der Waals surface area contributed by atoms with Gasteiger partial charge in [0.1, 0.15) is 0 Å². The minimum Gasteiger partial charge on any atom is -0.353 e. The molecule has 0 spiro atoms. The monoisotopic (exact) mass is 394 g/mol. The van der Waals surface area contributed by atoms with Crippen LogP contribution in [0, 0.1) is 6.92 Å². The molecule has 2 rings (SSSR count). The molecule has 26 heavy (non-hydrogen) atoms. The fraction of sp³-hybridized carbons (Fsp3) is 0.316. The third-order valence-corrected chi connectivity index (χ3v) is 5.72. The molecule has 0 saturated carbocycles. The summed E-state index contributed by atoms with van der Waals surface area (Å²) in [5, 5.41) is 3.19. The highest BCUT2D eigenvalue weighted by atomic mass is 35.5. The first-order valence-electron chi connectivity index (χ1n) is 8.29. The average Bonchev–Trinajstić information content (AvgIpc) is 2.54. The molecular weight excluding hydrogens is 372 g/mol. The predicted molar refractivity (Wildman–Crippen MR) is 104 cm³/mol. The number of hydrogen-bond acceptors (Lipinski definition) is 3. The molecule has 0 saturated heterocycles. The molecule has 0 bridgehead atoms. The van der Waals surface area contributed by atoms with Crippen LogP contribution in [0.4, 0.5) is 0 Å². The van der Waals surface area contributed by atoms with Gasteiger partial charge < -0.3 is 5.32 Å². The normalized spacial score (nSPS) is 11.8. The van der Waals surface area contributed by atoms with Crippen LogP contribution in [0.5, 0.6) is 0 Å². The number of halogens is 1. The fourth-order valence-electron chi connectivity index (χ4n) is 2.52. The second-order valence-corrected chi connectivity index (χ2v) is 8.81. The Hall–Kier alpha value is -1.89. The molecule has 140 valence electrons. The number of hydrogen-bond donors (Lipinski definition) is 1. The predicted octanol–water partition coefficient (Wildman–Crippen LogP) is 3.36. The van der Waals surface area contributed by atoms with Crippen LogP contribution in [-0.2, 0) is 21.4 Å². The Labute approximate surface area is 160 Å². The van der Waals surface area contributed by atoms with Crippen LogP contribution < -0.4 is 5.32 Å². The fourth-order valence-corrected chi connectivity index (χ4v) is 4.03. The lowest BCUT2D eigenvalue weighted by atomic mass is 10.1. The summed E-state index contributed by atoms with van der Waals surface area (Å²) in [4.78, 5) is 12.3. The van der Waals surface area contributed by atoms with Gasteiger partial charge in [0.25, 0.3) is 0 Å². The molecule has 0 unspecified atom stereocenters. The van der Waals surface area contributed by atoms with E-state index in [2.05, 4.69) is 5.32 Å². The Kier molecular flexibility index (Phi) is 6.81. The summed E-state index contributed by atoms with van der Waals surface area (Å²) in [6.45, 7) is 5.45. The third-order valence-electron chi connectivity index (χ3n) is 3.66. The molecule has 0 aromatic heterocycles. The van der Waals surface area contributed by atoms with E-state index >= 15 is 0 Å². The van der Waals surface area contributed by atoms with E-state index in [-0.39, 0.29) is 29.9 Å². The summed E-state index contributed by atoms with van der Waals surface area (Å²) < 4.78 is 27.3. The number of benzene rings is 2. The minimum absolute atomic E-state index is 0.0680. The molecule has 0 aliphatic heterocycles. The highest BCUT2D eigenvalue weighted by molar-refractivity contribution is 7.89. The summed E-state index contributed by atoms with van der Waals surface area (Å²) in [6.07, 6.45) is 0. The van der Waals surface area contributed by atoms with Crippen molar-refractivity contribution >= 4 is 27.5 Å². The van der Waals surface area contributed by atoms with Gasteiger partial charge in [-0.1, -0.05) is 41.4 Å². The Balaban J connectivity index is 2.35. The van der Waals surface area contributed by atoms with Crippen LogP contribution in [0.15, 0.2) is 53.4 Å². The average molecular weight is 395 g/mol. The van der Waals surface area contributed by atoms with E-state index in [4.69, 9.17) is 11.6 Å². The van der Waals surface area contributed by atoms with E-state index in [1.807, 2.05) is 45.0 Å². The number of nitrogens with zero attached hydrogens (tertiary/aromatic N) is 1. The van der Waals surface area contributed by atoms with Crippen molar-refractivity contribution in [3.05, 3.63) is 64.7 Å². The maximum absolute atomic E-state index is 13.1. The summed E-state index contributed by atoms with van der Waals surface area (Å²) in [6, 6.07) is 13.4. The van der Waals surface area contributed by atoms with E-state index in [1.165, 1.54) is 28.6 Å². The van der Waals surface area contributed by atoms with Crippen molar-refractivity contribution in [3.63, 3.8) is 0 Å². The lowest BCUT2D eigenvalue weighted by Gasteiger charge is -2.23.